The number of amides is 1. The SMILES string of the molecule is Cc1ccc(=O)n([C@@H](C(=O)c2ccc(F)cc2)C(=O)N2CCN(Cc3ccccc3)CC2)c1. The van der Waals surface area contributed by atoms with Crippen LogP contribution < -0.4 is 5.56 Å². The zero-order valence-corrected chi connectivity index (χ0v) is 18.5. The molecule has 1 aliphatic heterocycles. The van der Waals surface area contributed by atoms with Crippen LogP contribution in [-0.2, 0) is 11.3 Å². The van der Waals surface area contributed by atoms with Crippen molar-refractivity contribution in [3.05, 3.63) is 106 Å². The summed E-state index contributed by atoms with van der Waals surface area (Å²) in [5, 5.41) is 0. The van der Waals surface area contributed by atoms with Gasteiger partial charge in [-0.1, -0.05) is 36.4 Å². The Kier molecular flexibility index (Phi) is 6.79. The Balaban J connectivity index is 1.56. The molecule has 2 aromatic carbocycles. The summed E-state index contributed by atoms with van der Waals surface area (Å²) in [6.45, 7) is 4.83. The Morgan fingerprint density at radius 1 is 0.909 bits per heavy atom. The number of aromatic nitrogens is 1. The first-order valence-electron chi connectivity index (χ1n) is 11.0. The van der Waals surface area contributed by atoms with Gasteiger partial charge in [0.1, 0.15) is 5.82 Å². The van der Waals surface area contributed by atoms with Crippen LogP contribution in [0.4, 0.5) is 4.39 Å². The van der Waals surface area contributed by atoms with Gasteiger partial charge in [-0.05, 0) is 42.3 Å². The molecule has 0 spiro atoms. The van der Waals surface area contributed by atoms with Gasteiger partial charge < -0.3 is 4.90 Å². The molecule has 6 nitrogen and oxygen atoms in total. The number of aryl methyl sites for hydroxylation is 1. The Morgan fingerprint density at radius 2 is 1.58 bits per heavy atom. The molecule has 1 saturated heterocycles. The van der Waals surface area contributed by atoms with Gasteiger partial charge in [0.15, 0.2) is 11.8 Å². The lowest BCUT2D eigenvalue weighted by molar-refractivity contribution is -0.135. The molecule has 0 radical (unpaired) electrons. The molecular formula is C26H26FN3O3. The fourth-order valence-corrected chi connectivity index (χ4v) is 4.09. The van der Waals surface area contributed by atoms with E-state index in [-0.39, 0.29) is 5.56 Å². The van der Waals surface area contributed by atoms with Crippen molar-refractivity contribution in [2.24, 2.45) is 0 Å². The summed E-state index contributed by atoms with van der Waals surface area (Å²) in [5.74, 6) is -1.42. The number of hydrogen-bond acceptors (Lipinski definition) is 4. The highest BCUT2D eigenvalue weighted by atomic mass is 19.1. The maximum Gasteiger partial charge on any atom is 0.253 e. The second-order valence-corrected chi connectivity index (χ2v) is 8.31. The molecule has 0 unspecified atom stereocenters. The van der Waals surface area contributed by atoms with E-state index in [1.54, 1.807) is 17.9 Å². The molecule has 1 fully saturated rings. The van der Waals surface area contributed by atoms with Crippen molar-refractivity contribution in [2.45, 2.75) is 19.5 Å². The summed E-state index contributed by atoms with van der Waals surface area (Å²) in [6, 6.07) is 16.8. The van der Waals surface area contributed by atoms with E-state index in [2.05, 4.69) is 17.0 Å². The third-order valence-electron chi connectivity index (χ3n) is 5.91. The van der Waals surface area contributed by atoms with Crippen molar-refractivity contribution in [3.63, 3.8) is 0 Å². The van der Waals surface area contributed by atoms with Gasteiger partial charge >= 0.3 is 0 Å². The van der Waals surface area contributed by atoms with Crippen LogP contribution in [0.3, 0.4) is 0 Å². The zero-order chi connectivity index (χ0) is 23.4. The second-order valence-electron chi connectivity index (χ2n) is 8.31. The van der Waals surface area contributed by atoms with E-state index >= 15 is 0 Å². The van der Waals surface area contributed by atoms with Crippen LogP contribution in [0.15, 0.2) is 77.7 Å². The molecule has 0 aliphatic carbocycles. The molecular weight excluding hydrogens is 421 g/mol. The van der Waals surface area contributed by atoms with Crippen LogP contribution in [0.2, 0.25) is 0 Å². The Morgan fingerprint density at radius 3 is 2.24 bits per heavy atom. The van der Waals surface area contributed by atoms with Gasteiger partial charge in [0, 0.05) is 50.6 Å². The number of pyridine rings is 1. The smallest absolute Gasteiger partial charge is 0.253 e. The molecule has 2 heterocycles. The summed E-state index contributed by atoms with van der Waals surface area (Å²) < 4.78 is 14.6. The topological polar surface area (TPSA) is 62.6 Å². The number of piperazine rings is 1. The van der Waals surface area contributed by atoms with Gasteiger partial charge in [-0.25, -0.2) is 4.39 Å². The monoisotopic (exact) mass is 447 g/mol. The summed E-state index contributed by atoms with van der Waals surface area (Å²) in [5.41, 5.74) is 1.71. The second kappa shape index (κ2) is 9.92. The number of carbonyl (C=O) groups is 2. The van der Waals surface area contributed by atoms with Crippen molar-refractivity contribution in [2.75, 3.05) is 26.2 Å². The van der Waals surface area contributed by atoms with Gasteiger partial charge in [0.2, 0.25) is 0 Å². The van der Waals surface area contributed by atoms with Gasteiger partial charge in [-0.3, -0.25) is 23.9 Å². The van der Waals surface area contributed by atoms with Crippen molar-refractivity contribution < 1.29 is 14.0 Å². The zero-order valence-electron chi connectivity index (χ0n) is 18.5. The van der Waals surface area contributed by atoms with Crippen LogP contribution in [0, 0.1) is 12.7 Å². The van der Waals surface area contributed by atoms with Crippen molar-refractivity contribution in [1.29, 1.82) is 0 Å². The van der Waals surface area contributed by atoms with Crippen molar-refractivity contribution >= 4 is 11.7 Å². The number of nitrogens with zero attached hydrogens (tertiary/aromatic N) is 3. The number of ketones is 1. The largest absolute Gasteiger partial charge is 0.338 e. The maximum absolute atomic E-state index is 13.6. The maximum atomic E-state index is 13.6. The Hall–Kier alpha value is -3.58. The fraction of sp³-hybridized carbons (Fsp3) is 0.269. The number of benzene rings is 2. The molecule has 1 aliphatic rings. The van der Waals surface area contributed by atoms with Crippen LogP contribution in [-0.4, -0.2) is 52.2 Å². The minimum Gasteiger partial charge on any atom is -0.338 e. The van der Waals surface area contributed by atoms with Gasteiger partial charge in [-0.15, -0.1) is 0 Å². The van der Waals surface area contributed by atoms with Crippen LogP contribution >= 0.6 is 0 Å². The van der Waals surface area contributed by atoms with E-state index in [1.165, 1.54) is 46.7 Å². The average Bonchev–Trinajstić information content (AvgIpc) is 2.83. The summed E-state index contributed by atoms with van der Waals surface area (Å²) in [4.78, 5) is 43.4. The quantitative estimate of drug-likeness (QED) is 0.431. The predicted molar refractivity (Wildman–Crippen MR) is 124 cm³/mol. The summed E-state index contributed by atoms with van der Waals surface area (Å²) >= 11 is 0. The first kappa shape index (κ1) is 22.6. The first-order valence-corrected chi connectivity index (χ1v) is 11.0. The number of rotatable bonds is 6. The van der Waals surface area contributed by atoms with Crippen LogP contribution in [0.1, 0.15) is 27.5 Å². The molecule has 3 aromatic rings. The molecule has 1 atom stereocenters. The predicted octanol–water partition coefficient (Wildman–Crippen LogP) is 3.06. The molecule has 4 rings (SSSR count). The normalized spacial score (nSPS) is 15.3. The van der Waals surface area contributed by atoms with Gasteiger partial charge in [0.25, 0.3) is 11.5 Å². The molecule has 7 heteroatoms. The number of hydrogen-bond donors (Lipinski definition) is 0. The Labute approximate surface area is 191 Å². The van der Waals surface area contributed by atoms with Crippen LogP contribution in [0.25, 0.3) is 0 Å². The minimum absolute atomic E-state index is 0.186. The third kappa shape index (κ3) is 5.26. The van der Waals surface area contributed by atoms with Gasteiger partial charge in [-0.2, -0.15) is 0 Å². The molecule has 1 amide bonds. The van der Waals surface area contributed by atoms with Gasteiger partial charge in [0.05, 0.1) is 0 Å². The van der Waals surface area contributed by atoms with E-state index in [1.807, 2.05) is 18.2 Å². The van der Waals surface area contributed by atoms with E-state index in [0.717, 1.165) is 12.1 Å². The number of Topliss-reactive ketones (excluding diaryl/α,β-unsaturated/α-hetero) is 1. The average molecular weight is 448 g/mol. The highest BCUT2D eigenvalue weighted by Crippen LogP contribution is 2.19. The molecule has 33 heavy (non-hydrogen) atoms. The third-order valence-corrected chi connectivity index (χ3v) is 5.91. The first-order chi connectivity index (χ1) is 15.9. The molecule has 0 N–H and O–H groups in total. The lowest BCUT2D eigenvalue weighted by Gasteiger charge is -2.36. The minimum atomic E-state index is -1.33. The lowest BCUT2D eigenvalue weighted by Crippen LogP contribution is -2.52. The molecule has 0 saturated carbocycles. The van der Waals surface area contributed by atoms with E-state index in [9.17, 15) is 18.8 Å². The highest BCUT2D eigenvalue weighted by molar-refractivity contribution is 6.11. The number of halogens is 1. The summed E-state index contributed by atoms with van der Waals surface area (Å²) in [7, 11) is 0. The number of carbonyl (C=O) groups excluding carboxylic acids is 2. The van der Waals surface area contributed by atoms with Crippen molar-refractivity contribution in [3.8, 4) is 0 Å². The van der Waals surface area contributed by atoms with E-state index in [4.69, 9.17) is 0 Å². The van der Waals surface area contributed by atoms with Crippen LogP contribution in [0.5, 0.6) is 0 Å². The molecule has 0 bridgehead atoms. The van der Waals surface area contributed by atoms with E-state index in [0.29, 0.717) is 26.2 Å². The standard InChI is InChI=1S/C26H26FN3O3/c1-19-7-12-23(31)30(17-19)24(25(32)21-8-10-22(27)11-9-21)26(33)29-15-13-28(14-16-29)18-20-5-3-2-4-6-20/h2-12,17,24H,13-16,18H2,1H3/t24-/m0/s1. The van der Waals surface area contributed by atoms with E-state index < -0.39 is 29.1 Å². The highest BCUT2D eigenvalue weighted by Gasteiger charge is 2.35. The Bertz CT molecular complexity index is 1180. The molecule has 1 aromatic heterocycles. The fourth-order valence-electron chi connectivity index (χ4n) is 4.09. The van der Waals surface area contributed by atoms with Crippen molar-refractivity contribution in [1.82, 2.24) is 14.4 Å². The summed E-state index contributed by atoms with van der Waals surface area (Å²) in [6.07, 6.45) is 1.53. The lowest BCUT2D eigenvalue weighted by atomic mass is 10.0. The molecule has 170 valence electrons.